The number of nitrogens with one attached hydrogen (secondary N) is 2. The Morgan fingerprint density at radius 3 is 2.71 bits per heavy atom. The lowest BCUT2D eigenvalue weighted by molar-refractivity contribution is 0.411. The number of benzene rings is 2. The van der Waals surface area contributed by atoms with Gasteiger partial charge in [0, 0.05) is 6.54 Å². The predicted molar refractivity (Wildman–Crippen MR) is 88.6 cm³/mol. The van der Waals surface area contributed by atoms with Crippen molar-refractivity contribution in [2.24, 2.45) is 0 Å². The van der Waals surface area contributed by atoms with Gasteiger partial charge in [0.1, 0.15) is 5.75 Å². The Balaban J connectivity index is 1.80. The van der Waals surface area contributed by atoms with Crippen molar-refractivity contribution in [1.29, 1.82) is 0 Å². The van der Waals surface area contributed by atoms with Gasteiger partial charge in [-0.3, -0.25) is 4.98 Å². The molecule has 2 N–H and O–H groups in total. The van der Waals surface area contributed by atoms with Crippen LogP contribution < -0.4 is 15.2 Å². The second-order valence-electron chi connectivity index (χ2n) is 5.30. The third-order valence-corrected chi connectivity index (χ3v) is 5.03. The molecule has 0 radical (unpaired) electrons. The fraction of sp³-hybridized carbons (Fsp3) is 0.188. The Kier molecular flexibility index (Phi) is 4.16. The number of H-pyrrole nitrogens is 1. The number of oxazole rings is 1. The highest BCUT2D eigenvalue weighted by Crippen LogP contribution is 2.21. The first kappa shape index (κ1) is 16.3. The summed E-state index contributed by atoms with van der Waals surface area (Å²) >= 11 is 0. The third kappa shape index (κ3) is 3.19. The lowest BCUT2D eigenvalue weighted by Crippen LogP contribution is -2.23. The van der Waals surface area contributed by atoms with Crippen LogP contribution in [0.15, 0.2) is 50.5 Å². The molecule has 1 heterocycles. The molecule has 0 bridgehead atoms. The SMILES string of the molecule is COc1ccc(S(=O)(=O)NCc2ccc3oc(=O)[nH]c3c2)cc1C. The van der Waals surface area contributed by atoms with E-state index in [0.29, 0.717) is 22.4 Å². The van der Waals surface area contributed by atoms with Gasteiger partial charge in [-0.05, 0) is 48.4 Å². The van der Waals surface area contributed by atoms with E-state index in [4.69, 9.17) is 9.15 Å². The average Bonchev–Trinajstić information content (AvgIpc) is 2.92. The van der Waals surface area contributed by atoms with Crippen LogP contribution in [-0.4, -0.2) is 20.5 Å². The van der Waals surface area contributed by atoms with Crippen molar-refractivity contribution in [2.75, 3.05) is 7.11 Å². The molecule has 0 aliphatic carbocycles. The van der Waals surface area contributed by atoms with Crippen LogP contribution in [0.25, 0.3) is 11.1 Å². The fourth-order valence-electron chi connectivity index (χ4n) is 2.39. The van der Waals surface area contributed by atoms with E-state index in [1.165, 1.54) is 13.2 Å². The average molecular weight is 348 g/mol. The van der Waals surface area contributed by atoms with Gasteiger partial charge in [-0.15, -0.1) is 0 Å². The molecule has 0 saturated heterocycles. The number of hydrogen-bond donors (Lipinski definition) is 2. The normalized spacial score (nSPS) is 11.8. The predicted octanol–water partition coefficient (Wildman–Crippen LogP) is 1.92. The van der Waals surface area contributed by atoms with E-state index in [-0.39, 0.29) is 11.4 Å². The Hall–Kier alpha value is -2.58. The van der Waals surface area contributed by atoms with Crippen molar-refractivity contribution < 1.29 is 17.6 Å². The molecule has 0 aliphatic heterocycles. The Morgan fingerprint density at radius 2 is 2.00 bits per heavy atom. The second kappa shape index (κ2) is 6.14. The van der Waals surface area contributed by atoms with Crippen LogP contribution in [0.2, 0.25) is 0 Å². The van der Waals surface area contributed by atoms with E-state index in [1.807, 2.05) is 0 Å². The summed E-state index contributed by atoms with van der Waals surface area (Å²) in [5.41, 5.74) is 2.39. The highest BCUT2D eigenvalue weighted by Gasteiger charge is 2.15. The van der Waals surface area contributed by atoms with Gasteiger partial charge in [0.2, 0.25) is 10.0 Å². The molecule has 24 heavy (non-hydrogen) atoms. The Bertz CT molecular complexity index is 1050. The number of aryl methyl sites for hydroxylation is 1. The van der Waals surface area contributed by atoms with Crippen molar-refractivity contribution in [3.63, 3.8) is 0 Å². The van der Waals surface area contributed by atoms with E-state index < -0.39 is 15.8 Å². The molecule has 2 aromatic carbocycles. The van der Waals surface area contributed by atoms with Gasteiger partial charge in [0.25, 0.3) is 0 Å². The minimum atomic E-state index is -3.65. The minimum absolute atomic E-state index is 0.0938. The topological polar surface area (TPSA) is 101 Å². The van der Waals surface area contributed by atoms with E-state index in [1.54, 1.807) is 37.3 Å². The molecule has 3 rings (SSSR count). The van der Waals surface area contributed by atoms with Gasteiger partial charge in [0.15, 0.2) is 5.58 Å². The zero-order chi connectivity index (χ0) is 17.3. The highest BCUT2D eigenvalue weighted by molar-refractivity contribution is 7.89. The van der Waals surface area contributed by atoms with Gasteiger partial charge in [-0.25, -0.2) is 17.9 Å². The number of rotatable bonds is 5. The zero-order valence-corrected chi connectivity index (χ0v) is 13.9. The molecule has 1 aromatic heterocycles. The number of methoxy groups -OCH3 is 1. The van der Waals surface area contributed by atoms with Gasteiger partial charge in [-0.2, -0.15) is 0 Å². The van der Waals surface area contributed by atoms with Gasteiger partial charge in [0.05, 0.1) is 17.5 Å². The number of hydrogen-bond acceptors (Lipinski definition) is 5. The van der Waals surface area contributed by atoms with E-state index in [9.17, 15) is 13.2 Å². The molecule has 0 atom stereocenters. The summed E-state index contributed by atoms with van der Waals surface area (Å²) in [6.07, 6.45) is 0. The maximum absolute atomic E-state index is 12.4. The molecule has 8 heteroatoms. The molecule has 3 aromatic rings. The van der Waals surface area contributed by atoms with Crippen molar-refractivity contribution in [2.45, 2.75) is 18.4 Å². The molecular weight excluding hydrogens is 332 g/mol. The first-order valence-corrected chi connectivity index (χ1v) is 8.63. The van der Waals surface area contributed by atoms with Crippen molar-refractivity contribution in [1.82, 2.24) is 9.71 Å². The zero-order valence-electron chi connectivity index (χ0n) is 13.1. The van der Waals surface area contributed by atoms with Crippen molar-refractivity contribution >= 4 is 21.1 Å². The lowest BCUT2D eigenvalue weighted by atomic mass is 10.2. The first-order chi connectivity index (χ1) is 11.4. The van der Waals surface area contributed by atoms with Crippen LogP contribution in [0.1, 0.15) is 11.1 Å². The first-order valence-electron chi connectivity index (χ1n) is 7.15. The van der Waals surface area contributed by atoms with Crippen LogP contribution in [-0.2, 0) is 16.6 Å². The summed E-state index contributed by atoms with van der Waals surface area (Å²) in [5, 5.41) is 0. The Morgan fingerprint density at radius 1 is 1.21 bits per heavy atom. The molecular formula is C16H16N2O5S. The van der Waals surface area contributed by atoms with Crippen LogP contribution >= 0.6 is 0 Å². The number of fused-ring (bicyclic) bond motifs is 1. The number of sulfonamides is 1. The number of ether oxygens (including phenoxy) is 1. The fourth-order valence-corrected chi connectivity index (χ4v) is 3.49. The summed E-state index contributed by atoms with van der Waals surface area (Å²) in [4.78, 5) is 13.8. The Labute approximate surface area is 138 Å². The van der Waals surface area contributed by atoms with E-state index in [2.05, 4.69) is 9.71 Å². The van der Waals surface area contributed by atoms with Crippen LogP contribution in [0.3, 0.4) is 0 Å². The molecule has 0 amide bonds. The molecule has 7 nitrogen and oxygen atoms in total. The summed E-state index contributed by atoms with van der Waals surface area (Å²) in [5.74, 6) is 0.0831. The monoisotopic (exact) mass is 348 g/mol. The largest absolute Gasteiger partial charge is 0.496 e. The van der Waals surface area contributed by atoms with Crippen LogP contribution in [0, 0.1) is 6.92 Å². The second-order valence-corrected chi connectivity index (χ2v) is 7.07. The maximum Gasteiger partial charge on any atom is 0.417 e. The summed E-state index contributed by atoms with van der Waals surface area (Å²) in [7, 11) is -2.12. The summed E-state index contributed by atoms with van der Waals surface area (Å²) in [6, 6.07) is 9.65. The van der Waals surface area contributed by atoms with Gasteiger partial charge in [-0.1, -0.05) is 6.07 Å². The summed E-state index contributed by atoms with van der Waals surface area (Å²) < 4.78 is 37.4. The van der Waals surface area contributed by atoms with E-state index >= 15 is 0 Å². The lowest BCUT2D eigenvalue weighted by Gasteiger charge is -2.10. The quantitative estimate of drug-likeness (QED) is 0.733. The van der Waals surface area contributed by atoms with Crippen LogP contribution in [0.5, 0.6) is 5.75 Å². The van der Waals surface area contributed by atoms with Gasteiger partial charge < -0.3 is 9.15 Å². The standard InChI is InChI=1S/C16H16N2O5S/c1-10-7-12(4-6-14(10)22-2)24(20,21)17-9-11-3-5-15-13(8-11)18-16(19)23-15/h3-8,17H,9H2,1-2H3,(H,18,19). The molecule has 126 valence electrons. The molecule has 0 aliphatic rings. The minimum Gasteiger partial charge on any atom is -0.496 e. The highest BCUT2D eigenvalue weighted by atomic mass is 32.2. The third-order valence-electron chi connectivity index (χ3n) is 3.63. The smallest absolute Gasteiger partial charge is 0.417 e. The summed E-state index contributed by atoms with van der Waals surface area (Å²) in [6.45, 7) is 1.87. The number of aromatic amines is 1. The van der Waals surface area contributed by atoms with Crippen molar-refractivity contribution in [3.8, 4) is 5.75 Å². The number of aromatic nitrogens is 1. The van der Waals surface area contributed by atoms with Crippen LogP contribution in [0.4, 0.5) is 0 Å². The van der Waals surface area contributed by atoms with Gasteiger partial charge >= 0.3 is 5.76 Å². The molecule has 0 fully saturated rings. The molecule has 0 spiro atoms. The molecule has 0 unspecified atom stereocenters. The van der Waals surface area contributed by atoms with Crippen molar-refractivity contribution in [3.05, 3.63) is 58.1 Å². The van der Waals surface area contributed by atoms with E-state index in [0.717, 1.165) is 5.56 Å². The maximum atomic E-state index is 12.4. The molecule has 0 saturated carbocycles.